The number of benzene rings is 1. The number of hydrogen-bond acceptors (Lipinski definition) is 2. The molecule has 0 saturated heterocycles. The fourth-order valence-corrected chi connectivity index (χ4v) is 2.35. The van der Waals surface area contributed by atoms with E-state index in [-0.39, 0.29) is 11.5 Å². The molecule has 2 rings (SSSR count). The van der Waals surface area contributed by atoms with Gasteiger partial charge in [0.1, 0.15) is 0 Å². The SMILES string of the molecule is CC(C)(C)C(N)CCNC1CC1c1ccccc1. The molecule has 0 aromatic heterocycles. The first-order valence-electron chi connectivity index (χ1n) is 7.02. The van der Waals surface area contributed by atoms with Crippen molar-refractivity contribution in [3.63, 3.8) is 0 Å². The molecule has 1 aliphatic carbocycles. The van der Waals surface area contributed by atoms with Crippen LogP contribution in [-0.4, -0.2) is 18.6 Å². The van der Waals surface area contributed by atoms with E-state index in [4.69, 9.17) is 5.73 Å². The Balaban J connectivity index is 1.69. The van der Waals surface area contributed by atoms with E-state index in [0.717, 1.165) is 18.9 Å². The van der Waals surface area contributed by atoms with Crippen molar-refractivity contribution in [1.82, 2.24) is 5.32 Å². The third-order valence-corrected chi connectivity index (χ3v) is 3.99. The van der Waals surface area contributed by atoms with Crippen LogP contribution in [0.15, 0.2) is 30.3 Å². The van der Waals surface area contributed by atoms with Crippen LogP contribution in [0.3, 0.4) is 0 Å². The molecule has 2 heteroatoms. The Labute approximate surface area is 111 Å². The molecule has 0 bridgehead atoms. The minimum absolute atomic E-state index is 0.212. The molecule has 2 nitrogen and oxygen atoms in total. The minimum Gasteiger partial charge on any atom is -0.327 e. The van der Waals surface area contributed by atoms with Crippen LogP contribution in [-0.2, 0) is 0 Å². The Morgan fingerprint density at radius 2 is 1.94 bits per heavy atom. The topological polar surface area (TPSA) is 38.0 Å². The monoisotopic (exact) mass is 246 g/mol. The highest BCUT2D eigenvalue weighted by molar-refractivity contribution is 5.27. The molecule has 3 unspecified atom stereocenters. The minimum atomic E-state index is 0.212. The number of nitrogens with one attached hydrogen (secondary N) is 1. The molecule has 3 N–H and O–H groups in total. The molecule has 0 heterocycles. The van der Waals surface area contributed by atoms with Crippen molar-refractivity contribution >= 4 is 0 Å². The second-order valence-corrected chi connectivity index (χ2v) is 6.57. The summed E-state index contributed by atoms with van der Waals surface area (Å²) in [5.41, 5.74) is 7.84. The quantitative estimate of drug-likeness (QED) is 0.838. The molecule has 100 valence electrons. The molecule has 3 atom stereocenters. The maximum Gasteiger partial charge on any atom is 0.0143 e. The van der Waals surface area contributed by atoms with Crippen LogP contribution in [0.5, 0.6) is 0 Å². The Morgan fingerprint density at radius 1 is 1.28 bits per heavy atom. The molecule has 0 aliphatic heterocycles. The van der Waals surface area contributed by atoms with E-state index in [0.29, 0.717) is 6.04 Å². The van der Waals surface area contributed by atoms with Crippen LogP contribution in [0, 0.1) is 5.41 Å². The van der Waals surface area contributed by atoms with E-state index >= 15 is 0 Å². The van der Waals surface area contributed by atoms with Crippen molar-refractivity contribution in [2.45, 2.75) is 51.6 Å². The van der Waals surface area contributed by atoms with Gasteiger partial charge in [-0.25, -0.2) is 0 Å². The lowest BCUT2D eigenvalue weighted by Crippen LogP contribution is -2.38. The zero-order valence-electron chi connectivity index (χ0n) is 11.8. The lowest BCUT2D eigenvalue weighted by atomic mass is 9.85. The van der Waals surface area contributed by atoms with E-state index in [1.807, 2.05) is 0 Å². The van der Waals surface area contributed by atoms with Crippen molar-refractivity contribution in [3.05, 3.63) is 35.9 Å². The number of hydrogen-bond donors (Lipinski definition) is 2. The van der Waals surface area contributed by atoms with E-state index in [2.05, 4.69) is 56.4 Å². The van der Waals surface area contributed by atoms with Crippen molar-refractivity contribution in [1.29, 1.82) is 0 Å². The van der Waals surface area contributed by atoms with Crippen LogP contribution in [0.4, 0.5) is 0 Å². The van der Waals surface area contributed by atoms with Gasteiger partial charge in [0.05, 0.1) is 0 Å². The summed E-state index contributed by atoms with van der Waals surface area (Å²) in [4.78, 5) is 0. The molecule has 1 aromatic carbocycles. The van der Waals surface area contributed by atoms with Crippen LogP contribution in [0.1, 0.15) is 45.1 Å². The maximum absolute atomic E-state index is 6.16. The fraction of sp³-hybridized carbons (Fsp3) is 0.625. The number of rotatable bonds is 5. The molecule has 0 radical (unpaired) electrons. The van der Waals surface area contributed by atoms with Gasteiger partial charge < -0.3 is 11.1 Å². The molecule has 0 spiro atoms. The molecule has 1 aliphatic rings. The summed E-state index contributed by atoms with van der Waals surface area (Å²) in [5.74, 6) is 0.720. The molecule has 0 amide bonds. The van der Waals surface area contributed by atoms with Gasteiger partial charge in [0.2, 0.25) is 0 Å². The zero-order valence-corrected chi connectivity index (χ0v) is 11.8. The predicted molar refractivity (Wildman–Crippen MR) is 77.6 cm³/mol. The van der Waals surface area contributed by atoms with Crippen LogP contribution >= 0.6 is 0 Å². The smallest absolute Gasteiger partial charge is 0.0143 e. The summed E-state index contributed by atoms with van der Waals surface area (Å²) in [6, 6.07) is 11.7. The van der Waals surface area contributed by atoms with Gasteiger partial charge in [-0.05, 0) is 30.4 Å². The van der Waals surface area contributed by atoms with Crippen molar-refractivity contribution < 1.29 is 0 Å². The van der Waals surface area contributed by atoms with Gasteiger partial charge in [-0.3, -0.25) is 0 Å². The standard InChI is InChI=1S/C16H26N2/c1-16(2,3)15(17)9-10-18-14-11-13(14)12-7-5-4-6-8-12/h4-8,13-15,18H,9-11,17H2,1-3H3. The normalized spacial score (nSPS) is 24.9. The molecule has 1 fully saturated rings. The van der Waals surface area contributed by atoms with E-state index in [1.165, 1.54) is 12.0 Å². The van der Waals surface area contributed by atoms with E-state index in [9.17, 15) is 0 Å². The first-order valence-corrected chi connectivity index (χ1v) is 7.02. The van der Waals surface area contributed by atoms with Gasteiger partial charge in [-0.15, -0.1) is 0 Å². The third-order valence-electron chi connectivity index (χ3n) is 3.99. The van der Waals surface area contributed by atoms with Crippen LogP contribution < -0.4 is 11.1 Å². The highest BCUT2D eigenvalue weighted by atomic mass is 15.0. The summed E-state index contributed by atoms with van der Waals surface area (Å²) in [5, 5.41) is 3.63. The molecular formula is C16H26N2. The summed E-state index contributed by atoms with van der Waals surface area (Å²) in [7, 11) is 0. The van der Waals surface area contributed by atoms with E-state index in [1.54, 1.807) is 0 Å². The van der Waals surface area contributed by atoms with Gasteiger partial charge >= 0.3 is 0 Å². The first-order chi connectivity index (χ1) is 8.48. The second-order valence-electron chi connectivity index (χ2n) is 6.57. The second kappa shape index (κ2) is 5.41. The lowest BCUT2D eigenvalue weighted by Gasteiger charge is -2.27. The predicted octanol–water partition coefficient (Wildman–Crippen LogP) is 2.90. The van der Waals surface area contributed by atoms with Gasteiger partial charge in [0.15, 0.2) is 0 Å². The summed E-state index contributed by atoms with van der Waals surface area (Å²) >= 11 is 0. The Hall–Kier alpha value is -0.860. The highest BCUT2D eigenvalue weighted by Gasteiger charge is 2.37. The summed E-state index contributed by atoms with van der Waals surface area (Å²) in [6.07, 6.45) is 2.33. The van der Waals surface area contributed by atoms with Crippen molar-refractivity contribution in [2.75, 3.05) is 6.54 Å². The van der Waals surface area contributed by atoms with Crippen molar-refractivity contribution in [3.8, 4) is 0 Å². The Kier molecular flexibility index (Phi) is 4.08. The molecule has 1 aromatic rings. The van der Waals surface area contributed by atoms with Gasteiger partial charge in [0, 0.05) is 18.0 Å². The maximum atomic E-state index is 6.16. The van der Waals surface area contributed by atoms with Crippen molar-refractivity contribution in [2.24, 2.45) is 11.1 Å². The average molecular weight is 246 g/mol. The molecule has 18 heavy (non-hydrogen) atoms. The third kappa shape index (κ3) is 3.56. The lowest BCUT2D eigenvalue weighted by molar-refractivity contribution is 0.302. The Bertz CT molecular complexity index is 366. The highest BCUT2D eigenvalue weighted by Crippen LogP contribution is 2.40. The molecule has 1 saturated carbocycles. The van der Waals surface area contributed by atoms with Gasteiger partial charge in [-0.1, -0.05) is 51.1 Å². The number of nitrogens with two attached hydrogens (primary N) is 1. The van der Waals surface area contributed by atoms with Gasteiger partial charge in [0.25, 0.3) is 0 Å². The first kappa shape index (κ1) is 13.6. The van der Waals surface area contributed by atoms with E-state index < -0.39 is 0 Å². The Morgan fingerprint density at radius 3 is 2.56 bits per heavy atom. The van der Waals surface area contributed by atoms with Crippen LogP contribution in [0.25, 0.3) is 0 Å². The summed E-state index contributed by atoms with van der Waals surface area (Å²) < 4.78 is 0. The fourth-order valence-electron chi connectivity index (χ4n) is 2.35. The zero-order chi connectivity index (χ0) is 13.2. The van der Waals surface area contributed by atoms with Crippen LogP contribution in [0.2, 0.25) is 0 Å². The van der Waals surface area contributed by atoms with Gasteiger partial charge in [-0.2, -0.15) is 0 Å². The average Bonchev–Trinajstić information content (AvgIpc) is 3.08. The largest absolute Gasteiger partial charge is 0.327 e. The summed E-state index contributed by atoms with van der Waals surface area (Å²) in [6.45, 7) is 7.66. The molecular weight excluding hydrogens is 220 g/mol.